The van der Waals surface area contributed by atoms with E-state index in [0.29, 0.717) is 18.3 Å². The number of piperazine rings is 1. The maximum Gasteiger partial charge on any atom is 0.240 e. The van der Waals surface area contributed by atoms with Crippen LogP contribution in [-0.4, -0.2) is 64.7 Å². The van der Waals surface area contributed by atoms with Crippen molar-refractivity contribution in [2.75, 3.05) is 32.7 Å². The molecule has 1 amide bonds. The van der Waals surface area contributed by atoms with Gasteiger partial charge in [0.15, 0.2) is 0 Å². The molecule has 1 N–H and O–H groups in total. The van der Waals surface area contributed by atoms with Crippen LogP contribution < -0.4 is 5.32 Å². The average Bonchev–Trinajstić information content (AvgIpc) is 3.17. The smallest absolute Gasteiger partial charge is 0.240 e. The molecule has 0 aromatic carbocycles. The number of amides is 1. The van der Waals surface area contributed by atoms with Crippen molar-refractivity contribution in [2.45, 2.75) is 38.8 Å². The van der Waals surface area contributed by atoms with E-state index < -0.39 is 0 Å². The van der Waals surface area contributed by atoms with Crippen LogP contribution in [0.3, 0.4) is 0 Å². The second-order valence-corrected chi connectivity index (χ2v) is 5.65. The van der Waals surface area contributed by atoms with Gasteiger partial charge >= 0.3 is 0 Å². The van der Waals surface area contributed by atoms with E-state index in [1.54, 1.807) is 0 Å². The Morgan fingerprint density at radius 2 is 2.05 bits per heavy atom. The standard InChI is InChI=1S/C14H23N5O2/c1-2-12-16-17-13(21-12)10-19-7-3-4-11(19)14(20)18-8-5-15-6-9-18/h11,15H,2-10H2,1H3. The number of hydrogen-bond donors (Lipinski definition) is 1. The van der Waals surface area contributed by atoms with Gasteiger partial charge in [-0.05, 0) is 19.4 Å². The van der Waals surface area contributed by atoms with Gasteiger partial charge in [0.25, 0.3) is 0 Å². The molecule has 0 radical (unpaired) electrons. The Balaban J connectivity index is 1.62. The molecule has 7 nitrogen and oxygen atoms in total. The summed E-state index contributed by atoms with van der Waals surface area (Å²) in [7, 11) is 0. The van der Waals surface area contributed by atoms with E-state index in [0.717, 1.165) is 52.0 Å². The summed E-state index contributed by atoms with van der Waals surface area (Å²) in [6.45, 7) is 6.89. The van der Waals surface area contributed by atoms with Crippen LogP contribution in [0.5, 0.6) is 0 Å². The Morgan fingerprint density at radius 1 is 1.29 bits per heavy atom. The minimum Gasteiger partial charge on any atom is -0.424 e. The lowest BCUT2D eigenvalue weighted by molar-refractivity contribution is -0.136. The predicted octanol–water partition coefficient (Wildman–Crippen LogP) is 0.0282. The van der Waals surface area contributed by atoms with Gasteiger partial charge in [-0.25, -0.2) is 0 Å². The number of rotatable bonds is 4. The first-order valence-electron chi connectivity index (χ1n) is 7.82. The minimum absolute atomic E-state index is 0.0277. The molecule has 0 bridgehead atoms. The van der Waals surface area contributed by atoms with Gasteiger partial charge in [0, 0.05) is 32.6 Å². The number of aromatic nitrogens is 2. The average molecular weight is 293 g/mol. The summed E-state index contributed by atoms with van der Waals surface area (Å²) in [5, 5.41) is 11.3. The first-order valence-corrected chi connectivity index (χ1v) is 7.82. The van der Waals surface area contributed by atoms with Crippen LogP contribution in [0.1, 0.15) is 31.5 Å². The number of hydrogen-bond acceptors (Lipinski definition) is 6. The van der Waals surface area contributed by atoms with Gasteiger partial charge in [-0.15, -0.1) is 10.2 Å². The Bertz CT molecular complexity index is 483. The van der Waals surface area contributed by atoms with E-state index in [1.165, 1.54) is 0 Å². The topological polar surface area (TPSA) is 74.5 Å². The highest BCUT2D eigenvalue weighted by Crippen LogP contribution is 2.21. The summed E-state index contributed by atoms with van der Waals surface area (Å²) in [6, 6.07) is -0.0277. The molecular weight excluding hydrogens is 270 g/mol. The molecule has 2 saturated heterocycles. The molecule has 0 saturated carbocycles. The maximum absolute atomic E-state index is 12.7. The molecule has 0 aliphatic carbocycles. The van der Waals surface area contributed by atoms with Crippen molar-refractivity contribution in [1.82, 2.24) is 25.3 Å². The molecule has 7 heteroatoms. The fourth-order valence-electron chi connectivity index (χ4n) is 3.06. The number of nitrogens with zero attached hydrogens (tertiary/aromatic N) is 4. The normalized spacial score (nSPS) is 23.7. The molecule has 3 heterocycles. The fourth-order valence-corrected chi connectivity index (χ4v) is 3.06. The zero-order valence-corrected chi connectivity index (χ0v) is 12.5. The number of aryl methyl sites for hydroxylation is 1. The van der Waals surface area contributed by atoms with Crippen LogP contribution in [-0.2, 0) is 17.8 Å². The van der Waals surface area contributed by atoms with E-state index in [1.807, 2.05) is 11.8 Å². The largest absolute Gasteiger partial charge is 0.424 e. The highest BCUT2D eigenvalue weighted by atomic mass is 16.4. The van der Waals surface area contributed by atoms with Gasteiger partial charge in [-0.1, -0.05) is 6.92 Å². The molecule has 3 rings (SSSR count). The Labute approximate surface area is 124 Å². The predicted molar refractivity (Wildman–Crippen MR) is 76.6 cm³/mol. The molecule has 1 unspecified atom stereocenters. The Morgan fingerprint density at radius 3 is 2.76 bits per heavy atom. The van der Waals surface area contributed by atoms with Gasteiger partial charge in [-0.3, -0.25) is 9.69 Å². The Kier molecular flexibility index (Phi) is 4.50. The summed E-state index contributed by atoms with van der Waals surface area (Å²) in [5.74, 6) is 1.53. The third-order valence-electron chi connectivity index (χ3n) is 4.23. The van der Waals surface area contributed by atoms with Crippen molar-refractivity contribution in [1.29, 1.82) is 0 Å². The summed E-state index contributed by atoms with van der Waals surface area (Å²) < 4.78 is 5.57. The molecule has 1 atom stereocenters. The SMILES string of the molecule is CCc1nnc(CN2CCCC2C(=O)N2CCNCC2)o1. The fraction of sp³-hybridized carbons (Fsp3) is 0.786. The van der Waals surface area contributed by atoms with Crippen LogP contribution in [0.2, 0.25) is 0 Å². The van der Waals surface area contributed by atoms with Gasteiger partial charge in [-0.2, -0.15) is 0 Å². The summed E-state index contributed by atoms with van der Waals surface area (Å²) in [5.41, 5.74) is 0. The van der Waals surface area contributed by atoms with Crippen LogP contribution in [0.15, 0.2) is 4.42 Å². The number of carbonyl (C=O) groups excluding carboxylic acids is 1. The van der Waals surface area contributed by atoms with E-state index >= 15 is 0 Å². The summed E-state index contributed by atoms with van der Waals surface area (Å²) in [4.78, 5) is 16.8. The molecule has 2 fully saturated rings. The molecule has 2 aliphatic rings. The third kappa shape index (κ3) is 3.24. The highest BCUT2D eigenvalue weighted by molar-refractivity contribution is 5.82. The monoisotopic (exact) mass is 293 g/mol. The zero-order chi connectivity index (χ0) is 14.7. The molecular formula is C14H23N5O2. The lowest BCUT2D eigenvalue weighted by atomic mass is 10.1. The molecule has 116 valence electrons. The van der Waals surface area contributed by atoms with Crippen molar-refractivity contribution in [3.8, 4) is 0 Å². The molecule has 0 spiro atoms. The quantitative estimate of drug-likeness (QED) is 0.844. The molecule has 21 heavy (non-hydrogen) atoms. The summed E-state index contributed by atoms with van der Waals surface area (Å²) >= 11 is 0. The van der Waals surface area contributed by atoms with Crippen LogP contribution >= 0.6 is 0 Å². The van der Waals surface area contributed by atoms with E-state index in [2.05, 4.69) is 20.4 Å². The van der Waals surface area contributed by atoms with Crippen LogP contribution in [0.4, 0.5) is 0 Å². The van der Waals surface area contributed by atoms with Gasteiger partial charge in [0.2, 0.25) is 17.7 Å². The van der Waals surface area contributed by atoms with Gasteiger partial charge in [0.05, 0.1) is 12.6 Å². The molecule has 1 aromatic heterocycles. The van der Waals surface area contributed by atoms with Gasteiger partial charge in [0.1, 0.15) is 0 Å². The van der Waals surface area contributed by atoms with Crippen LogP contribution in [0.25, 0.3) is 0 Å². The Hall–Kier alpha value is -1.47. The second-order valence-electron chi connectivity index (χ2n) is 5.65. The van der Waals surface area contributed by atoms with Crippen molar-refractivity contribution in [3.63, 3.8) is 0 Å². The lowest BCUT2D eigenvalue weighted by Gasteiger charge is -2.32. The third-order valence-corrected chi connectivity index (χ3v) is 4.23. The lowest BCUT2D eigenvalue weighted by Crippen LogP contribution is -2.52. The van der Waals surface area contributed by atoms with Crippen molar-refractivity contribution >= 4 is 5.91 Å². The van der Waals surface area contributed by atoms with Crippen molar-refractivity contribution in [2.24, 2.45) is 0 Å². The van der Waals surface area contributed by atoms with Crippen molar-refractivity contribution in [3.05, 3.63) is 11.8 Å². The molecule has 1 aromatic rings. The number of nitrogens with one attached hydrogen (secondary N) is 1. The van der Waals surface area contributed by atoms with E-state index in [-0.39, 0.29) is 11.9 Å². The summed E-state index contributed by atoms with van der Waals surface area (Å²) in [6.07, 6.45) is 2.73. The zero-order valence-electron chi connectivity index (χ0n) is 12.5. The highest BCUT2D eigenvalue weighted by Gasteiger charge is 2.34. The van der Waals surface area contributed by atoms with Crippen molar-refractivity contribution < 1.29 is 9.21 Å². The second kappa shape index (κ2) is 6.53. The number of likely N-dealkylation sites (tertiary alicyclic amines) is 1. The van der Waals surface area contributed by atoms with E-state index in [4.69, 9.17) is 4.42 Å². The first kappa shape index (κ1) is 14.5. The van der Waals surface area contributed by atoms with E-state index in [9.17, 15) is 4.79 Å². The molecule has 2 aliphatic heterocycles. The van der Waals surface area contributed by atoms with Crippen LogP contribution in [0, 0.1) is 0 Å². The van der Waals surface area contributed by atoms with Gasteiger partial charge < -0.3 is 14.6 Å². The first-order chi connectivity index (χ1) is 10.3. The maximum atomic E-state index is 12.7. The minimum atomic E-state index is -0.0277. The number of carbonyl (C=O) groups is 1.